The Bertz CT molecular complexity index is 195. The van der Waals surface area contributed by atoms with Gasteiger partial charge in [-0.2, -0.15) is 8.42 Å². The van der Waals surface area contributed by atoms with Crippen LogP contribution in [0, 0.1) is 0 Å². The molecule has 0 aromatic rings. The monoisotopic (exact) mass is 171 g/mol. The van der Waals surface area contributed by atoms with E-state index in [1.807, 2.05) is 0 Å². The molecule has 0 fully saturated rings. The lowest BCUT2D eigenvalue weighted by Crippen LogP contribution is -2.08. The van der Waals surface area contributed by atoms with Crippen molar-refractivity contribution in [2.75, 3.05) is 5.75 Å². The lowest BCUT2D eigenvalue weighted by atomic mass is 10.5. The minimum atomic E-state index is -4.10. The molecule has 5 N–H and O–H groups in total. The second-order valence-electron chi connectivity index (χ2n) is 1.43. The van der Waals surface area contributed by atoms with Gasteiger partial charge in [0.15, 0.2) is 0 Å². The molecule has 7 heteroatoms. The number of hydrogen-bond acceptors (Lipinski definition) is 4. The third-order valence-corrected chi connectivity index (χ3v) is 1.29. The second-order valence-corrected chi connectivity index (χ2v) is 3.00. The molecule has 0 spiro atoms. The van der Waals surface area contributed by atoms with Crippen LogP contribution in [-0.4, -0.2) is 29.8 Å². The van der Waals surface area contributed by atoms with Gasteiger partial charge in [-0.25, -0.2) is 0 Å². The molecule has 0 aromatic carbocycles. The van der Waals surface area contributed by atoms with Crippen LogP contribution in [0.1, 0.15) is 6.42 Å². The van der Waals surface area contributed by atoms with Crippen LogP contribution < -0.4 is 6.15 Å². The van der Waals surface area contributed by atoms with Crippen LogP contribution in [0.15, 0.2) is 0 Å². The average Bonchev–Trinajstić information content (AvgIpc) is 1.59. The highest BCUT2D eigenvalue weighted by Gasteiger charge is 2.06. The van der Waals surface area contributed by atoms with Gasteiger partial charge in [-0.1, -0.05) is 0 Å². The van der Waals surface area contributed by atoms with Gasteiger partial charge in [-0.15, -0.1) is 0 Å². The first-order chi connectivity index (χ1) is 3.92. The van der Waals surface area contributed by atoms with Gasteiger partial charge in [0.05, 0.1) is 12.2 Å². The Morgan fingerprint density at radius 3 is 1.90 bits per heavy atom. The van der Waals surface area contributed by atoms with E-state index in [-0.39, 0.29) is 6.15 Å². The van der Waals surface area contributed by atoms with E-state index in [1.54, 1.807) is 0 Å². The second kappa shape index (κ2) is 4.20. The van der Waals surface area contributed by atoms with Crippen LogP contribution in [0.3, 0.4) is 0 Å². The van der Waals surface area contributed by atoms with Crippen molar-refractivity contribution in [2.45, 2.75) is 6.42 Å². The van der Waals surface area contributed by atoms with Crippen molar-refractivity contribution in [2.24, 2.45) is 0 Å². The maximum atomic E-state index is 9.83. The molecule has 0 radical (unpaired) electrons. The van der Waals surface area contributed by atoms with Crippen LogP contribution in [0.5, 0.6) is 0 Å². The summed E-state index contributed by atoms with van der Waals surface area (Å²) in [6.07, 6.45) is -0.557. The van der Waals surface area contributed by atoms with Crippen molar-refractivity contribution in [3.8, 4) is 0 Å². The van der Waals surface area contributed by atoms with Crippen molar-refractivity contribution in [1.29, 1.82) is 0 Å². The normalized spacial score (nSPS) is 10.1. The first-order valence-electron chi connectivity index (χ1n) is 2.09. The number of rotatable bonds is 3. The first kappa shape index (κ1) is 12.1. The highest BCUT2D eigenvalue weighted by atomic mass is 32.2. The van der Waals surface area contributed by atoms with Crippen molar-refractivity contribution in [3.05, 3.63) is 0 Å². The Morgan fingerprint density at radius 1 is 1.40 bits per heavy atom. The maximum absolute atomic E-state index is 9.83. The number of carboxylic acid groups (broad SMARTS) is 1. The molecule has 0 saturated heterocycles. The van der Waals surface area contributed by atoms with Gasteiger partial charge < -0.3 is 11.3 Å². The van der Waals surface area contributed by atoms with Gasteiger partial charge in [0.1, 0.15) is 0 Å². The van der Waals surface area contributed by atoms with Gasteiger partial charge in [-0.3, -0.25) is 9.35 Å². The summed E-state index contributed by atoms with van der Waals surface area (Å²) in [5.74, 6) is -1.96. The standard InChI is InChI=1S/C3H6O5S.H3N/c4-3(5)1-2-9(6,7)8;/h1-2H2,(H,4,5)(H,6,7,8);1H3. The summed E-state index contributed by atoms with van der Waals surface area (Å²) >= 11 is 0. The molecule has 0 saturated carbocycles. The molecule has 6 nitrogen and oxygen atoms in total. The SMILES string of the molecule is N.O=C(O)CCS(=O)(=O)O. The van der Waals surface area contributed by atoms with Crippen LogP contribution in [0.2, 0.25) is 0 Å². The zero-order chi connectivity index (χ0) is 7.49. The van der Waals surface area contributed by atoms with Gasteiger partial charge in [0, 0.05) is 0 Å². The molecule has 0 aromatic heterocycles. The minimum Gasteiger partial charge on any atom is -0.481 e. The smallest absolute Gasteiger partial charge is 0.304 e. The van der Waals surface area contributed by atoms with Crippen LogP contribution in [0.4, 0.5) is 0 Å². The van der Waals surface area contributed by atoms with Crippen LogP contribution in [-0.2, 0) is 14.9 Å². The molecule has 10 heavy (non-hydrogen) atoms. The summed E-state index contributed by atoms with van der Waals surface area (Å²) in [5.41, 5.74) is 0. The van der Waals surface area contributed by atoms with Crippen molar-refractivity contribution >= 4 is 16.1 Å². The third kappa shape index (κ3) is 10.3. The average molecular weight is 171 g/mol. The van der Waals surface area contributed by atoms with Gasteiger partial charge >= 0.3 is 5.97 Å². The van der Waals surface area contributed by atoms with Crippen molar-refractivity contribution in [1.82, 2.24) is 6.15 Å². The van der Waals surface area contributed by atoms with E-state index in [2.05, 4.69) is 0 Å². The third-order valence-electron chi connectivity index (χ3n) is 0.574. The first-order valence-corrected chi connectivity index (χ1v) is 3.70. The van der Waals surface area contributed by atoms with Gasteiger partial charge in [-0.05, 0) is 0 Å². The topological polar surface area (TPSA) is 127 Å². The Morgan fingerprint density at radius 2 is 1.80 bits per heavy atom. The van der Waals surface area contributed by atoms with E-state index in [4.69, 9.17) is 9.66 Å². The molecule has 0 rings (SSSR count). The van der Waals surface area contributed by atoms with Gasteiger partial charge in [0.25, 0.3) is 10.1 Å². The Kier molecular flexibility index (Phi) is 5.07. The predicted octanol–water partition coefficient (Wildman–Crippen LogP) is -0.489. The van der Waals surface area contributed by atoms with E-state index in [1.165, 1.54) is 0 Å². The molecular weight excluding hydrogens is 162 g/mol. The highest BCUT2D eigenvalue weighted by molar-refractivity contribution is 7.85. The van der Waals surface area contributed by atoms with Crippen molar-refractivity contribution in [3.63, 3.8) is 0 Å². The Hall–Kier alpha value is -0.660. The molecule has 0 aliphatic heterocycles. The highest BCUT2D eigenvalue weighted by Crippen LogP contribution is 1.86. The van der Waals surface area contributed by atoms with E-state index < -0.39 is 28.3 Å². The summed E-state index contributed by atoms with van der Waals surface area (Å²) in [5, 5.41) is 7.90. The summed E-state index contributed by atoms with van der Waals surface area (Å²) in [6.45, 7) is 0. The molecule has 0 aliphatic carbocycles. The Balaban J connectivity index is 0. The predicted molar refractivity (Wildman–Crippen MR) is 33.7 cm³/mol. The number of carboxylic acids is 1. The molecule has 62 valence electrons. The summed E-state index contributed by atoms with van der Waals surface area (Å²) in [4.78, 5) is 9.67. The largest absolute Gasteiger partial charge is 0.481 e. The summed E-state index contributed by atoms with van der Waals surface area (Å²) < 4.78 is 27.6. The van der Waals surface area contributed by atoms with Crippen LogP contribution in [0.25, 0.3) is 0 Å². The zero-order valence-corrected chi connectivity index (χ0v) is 5.97. The molecule has 0 unspecified atom stereocenters. The number of carbonyl (C=O) groups is 1. The molecule has 0 aliphatic rings. The van der Waals surface area contributed by atoms with Crippen molar-refractivity contribution < 1.29 is 22.9 Å². The minimum absolute atomic E-state index is 0. The van der Waals surface area contributed by atoms with E-state index in [0.29, 0.717) is 0 Å². The fourth-order valence-corrected chi connectivity index (χ4v) is 0.649. The lowest BCUT2D eigenvalue weighted by molar-refractivity contribution is -0.136. The van der Waals surface area contributed by atoms with E-state index >= 15 is 0 Å². The van der Waals surface area contributed by atoms with E-state index in [0.717, 1.165) is 0 Å². The fraction of sp³-hybridized carbons (Fsp3) is 0.667. The maximum Gasteiger partial charge on any atom is 0.304 e. The molecule has 0 amide bonds. The number of hydrogen-bond donors (Lipinski definition) is 3. The molecule has 0 heterocycles. The van der Waals surface area contributed by atoms with Crippen LogP contribution >= 0.6 is 0 Å². The zero-order valence-electron chi connectivity index (χ0n) is 5.15. The Labute approximate surface area is 58.2 Å². The summed E-state index contributed by atoms with van der Waals surface area (Å²) in [6, 6.07) is 0. The number of aliphatic carboxylic acids is 1. The van der Waals surface area contributed by atoms with E-state index in [9.17, 15) is 13.2 Å². The van der Waals surface area contributed by atoms with Gasteiger partial charge in [0.2, 0.25) is 0 Å². The lowest BCUT2D eigenvalue weighted by Gasteiger charge is -1.89. The molecular formula is C3H9NO5S. The summed E-state index contributed by atoms with van der Waals surface area (Å²) in [7, 11) is -4.10. The molecule has 0 atom stereocenters. The molecule has 0 bridgehead atoms. The fourth-order valence-electron chi connectivity index (χ4n) is 0.216. The quantitative estimate of drug-likeness (QED) is 0.492.